The highest BCUT2D eigenvalue weighted by atomic mass is 35.5. The molecule has 0 atom stereocenters. The summed E-state index contributed by atoms with van der Waals surface area (Å²) in [4.78, 5) is 16.5. The van der Waals surface area contributed by atoms with Crippen molar-refractivity contribution in [2.45, 2.75) is 19.8 Å². The summed E-state index contributed by atoms with van der Waals surface area (Å²) in [5.74, 6) is 0.574. The number of aromatic nitrogens is 1. The van der Waals surface area contributed by atoms with Crippen LogP contribution in [0.2, 0.25) is 5.02 Å². The molecule has 1 amide bonds. The van der Waals surface area contributed by atoms with Gasteiger partial charge in [-0.25, -0.2) is 4.98 Å². The van der Waals surface area contributed by atoms with E-state index in [9.17, 15) is 4.79 Å². The lowest BCUT2D eigenvalue weighted by molar-refractivity contribution is -0.122. The summed E-state index contributed by atoms with van der Waals surface area (Å²) in [6.07, 6.45) is 3.22. The van der Waals surface area contributed by atoms with Gasteiger partial charge in [0.05, 0.1) is 11.9 Å². The molecule has 1 saturated heterocycles. The Labute approximate surface area is 146 Å². The molecule has 0 spiro atoms. The van der Waals surface area contributed by atoms with E-state index in [2.05, 4.69) is 15.6 Å². The fourth-order valence-electron chi connectivity index (χ4n) is 2.63. The monoisotopic (exact) mass is 345 g/mol. The van der Waals surface area contributed by atoms with Crippen molar-refractivity contribution in [1.29, 1.82) is 0 Å². The number of anilines is 3. The van der Waals surface area contributed by atoms with Crippen LogP contribution in [-0.2, 0) is 9.53 Å². The Morgan fingerprint density at radius 2 is 2.04 bits per heavy atom. The molecule has 3 rings (SSSR count). The number of hydrogen-bond acceptors (Lipinski definition) is 4. The number of amides is 1. The van der Waals surface area contributed by atoms with Gasteiger partial charge in [0.15, 0.2) is 0 Å². The van der Waals surface area contributed by atoms with Crippen molar-refractivity contribution < 1.29 is 9.53 Å². The first-order chi connectivity index (χ1) is 11.6. The Kier molecular flexibility index (Phi) is 5.33. The van der Waals surface area contributed by atoms with Gasteiger partial charge in [-0.05, 0) is 49.6 Å². The lowest BCUT2D eigenvalue weighted by atomic mass is 9.99. The highest BCUT2D eigenvalue weighted by molar-refractivity contribution is 6.31. The minimum atomic E-state index is 0.00691. The lowest BCUT2D eigenvalue weighted by Gasteiger charge is -2.21. The van der Waals surface area contributed by atoms with Gasteiger partial charge in [-0.15, -0.1) is 0 Å². The molecule has 0 bridgehead atoms. The third kappa shape index (κ3) is 4.04. The molecule has 0 radical (unpaired) electrons. The van der Waals surface area contributed by atoms with Crippen LogP contribution in [0.15, 0.2) is 36.5 Å². The zero-order valence-electron chi connectivity index (χ0n) is 13.5. The topological polar surface area (TPSA) is 63.2 Å². The molecular weight excluding hydrogens is 326 g/mol. The van der Waals surface area contributed by atoms with Gasteiger partial charge in [0, 0.05) is 29.8 Å². The predicted octanol–water partition coefficient (Wildman–Crippen LogP) is 4.15. The van der Waals surface area contributed by atoms with Crippen molar-refractivity contribution in [3.63, 3.8) is 0 Å². The molecule has 2 aromatic rings. The van der Waals surface area contributed by atoms with Gasteiger partial charge >= 0.3 is 0 Å². The molecule has 126 valence electrons. The van der Waals surface area contributed by atoms with E-state index in [4.69, 9.17) is 16.3 Å². The van der Waals surface area contributed by atoms with Gasteiger partial charge in [0.1, 0.15) is 5.82 Å². The Balaban J connectivity index is 1.62. The zero-order chi connectivity index (χ0) is 16.9. The second-order valence-corrected chi connectivity index (χ2v) is 6.25. The number of nitrogens with zero attached hydrogens (tertiary/aromatic N) is 1. The SMILES string of the molecule is Cc1c(Cl)cccc1Nc1ccc(NC(=O)C2CCOCC2)nc1. The number of rotatable bonds is 4. The molecule has 1 aliphatic heterocycles. The van der Waals surface area contributed by atoms with Crippen molar-refractivity contribution in [2.75, 3.05) is 23.8 Å². The van der Waals surface area contributed by atoms with Crippen LogP contribution in [0, 0.1) is 12.8 Å². The van der Waals surface area contributed by atoms with Crippen LogP contribution in [0.1, 0.15) is 18.4 Å². The van der Waals surface area contributed by atoms with E-state index in [1.54, 1.807) is 12.3 Å². The lowest BCUT2D eigenvalue weighted by Crippen LogP contribution is -2.28. The number of benzene rings is 1. The summed E-state index contributed by atoms with van der Waals surface area (Å²) in [5.41, 5.74) is 2.75. The first kappa shape index (κ1) is 16.7. The number of hydrogen-bond donors (Lipinski definition) is 2. The first-order valence-corrected chi connectivity index (χ1v) is 8.38. The summed E-state index contributed by atoms with van der Waals surface area (Å²) >= 11 is 6.12. The third-order valence-corrected chi connectivity index (χ3v) is 4.56. The molecule has 0 saturated carbocycles. The smallest absolute Gasteiger partial charge is 0.228 e. The van der Waals surface area contributed by atoms with Crippen molar-refractivity contribution in [2.24, 2.45) is 5.92 Å². The Bertz CT molecular complexity index is 713. The minimum Gasteiger partial charge on any atom is -0.381 e. The van der Waals surface area contributed by atoms with Gasteiger partial charge in [0.25, 0.3) is 0 Å². The molecule has 24 heavy (non-hydrogen) atoms. The fourth-order valence-corrected chi connectivity index (χ4v) is 2.80. The second-order valence-electron chi connectivity index (χ2n) is 5.85. The van der Waals surface area contributed by atoms with Crippen LogP contribution in [0.4, 0.5) is 17.2 Å². The zero-order valence-corrected chi connectivity index (χ0v) is 14.3. The van der Waals surface area contributed by atoms with Crippen LogP contribution in [0.25, 0.3) is 0 Å². The predicted molar refractivity (Wildman–Crippen MR) is 95.9 cm³/mol. The van der Waals surface area contributed by atoms with Gasteiger partial charge in [0.2, 0.25) is 5.91 Å². The van der Waals surface area contributed by atoms with E-state index in [0.29, 0.717) is 24.1 Å². The normalized spacial score (nSPS) is 15.1. The number of ether oxygens (including phenoxy) is 1. The summed E-state index contributed by atoms with van der Waals surface area (Å²) in [6.45, 7) is 3.25. The average molecular weight is 346 g/mol. The van der Waals surface area contributed by atoms with E-state index in [1.165, 1.54) is 0 Å². The maximum atomic E-state index is 12.2. The molecule has 6 heteroatoms. The van der Waals surface area contributed by atoms with Gasteiger partial charge in [-0.2, -0.15) is 0 Å². The fraction of sp³-hybridized carbons (Fsp3) is 0.333. The minimum absolute atomic E-state index is 0.00691. The number of halogens is 1. The maximum absolute atomic E-state index is 12.2. The summed E-state index contributed by atoms with van der Waals surface area (Å²) in [5, 5.41) is 6.87. The summed E-state index contributed by atoms with van der Waals surface area (Å²) < 4.78 is 5.28. The van der Waals surface area contributed by atoms with Crippen LogP contribution < -0.4 is 10.6 Å². The van der Waals surface area contributed by atoms with E-state index in [0.717, 1.165) is 29.8 Å². The largest absolute Gasteiger partial charge is 0.381 e. The Hall–Kier alpha value is -2.11. The molecule has 1 fully saturated rings. The van der Waals surface area contributed by atoms with Crippen molar-refractivity contribution in [3.05, 3.63) is 47.1 Å². The third-order valence-electron chi connectivity index (χ3n) is 4.15. The molecule has 5 nitrogen and oxygen atoms in total. The highest BCUT2D eigenvalue weighted by Crippen LogP contribution is 2.26. The first-order valence-electron chi connectivity index (χ1n) is 8.00. The van der Waals surface area contributed by atoms with E-state index in [-0.39, 0.29) is 11.8 Å². The van der Waals surface area contributed by atoms with Gasteiger partial charge in [-0.1, -0.05) is 17.7 Å². The Morgan fingerprint density at radius 1 is 1.25 bits per heavy atom. The second kappa shape index (κ2) is 7.64. The number of carbonyl (C=O) groups is 1. The number of pyridine rings is 1. The van der Waals surface area contributed by atoms with Crippen LogP contribution in [0.5, 0.6) is 0 Å². The standard InChI is InChI=1S/C18H20ClN3O2/c1-12-15(19)3-2-4-16(12)21-14-5-6-17(20-11-14)22-18(23)13-7-9-24-10-8-13/h2-6,11,13,21H,7-10H2,1H3,(H,20,22,23). The van der Waals surface area contributed by atoms with Crippen molar-refractivity contribution >= 4 is 34.7 Å². The van der Waals surface area contributed by atoms with Crippen molar-refractivity contribution in [3.8, 4) is 0 Å². The number of nitrogens with one attached hydrogen (secondary N) is 2. The average Bonchev–Trinajstić information content (AvgIpc) is 2.61. The van der Waals surface area contributed by atoms with Crippen LogP contribution >= 0.6 is 11.6 Å². The molecular formula is C18H20ClN3O2. The van der Waals surface area contributed by atoms with Gasteiger partial charge in [-0.3, -0.25) is 4.79 Å². The number of carbonyl (C=O) groups excluding carboxylic acids is 1. The maximum Gasteiger partial charge on any atom is 0.228 e. The van der Waals surface area contributed by atoms with Gasteiger partial charge < -0.3 is 15.4 Å². The molecule has 1 aromatic carbocycles. The highest BCUT2D eigenvalue weighted by Gasteiger charge is 2.21. The van der Waals surface area contributed by atoms with E-state index in [1.807, 2.05) is 31.2 Å². The quantitative estimate of drug-likeness (QED) is 0.873. The Morgan fingerprint density at radius 3 is 2.75 bits per heavy atom. The van der Waals surface area contributed by atoms with E-state index >= 15 is 0 Å². The van der Waals surface area contributed by atoms with Crippen LogP contribution in [0.3, 0.4) is 0 Å². The van der Waals surface area contributed by atoms with E-state index < -0.39 is 0 Å². The summed E-state index contributed by atoms with van der Waals surface area (Å²) in [6, 6.07) is 9.39. The van der Waals surface area contributed by atoms with Crippen molar-refractivity contribution in [1.82, 2.24) is 4.98 Å². The molecule has 1 aliphatic rings. The molecule has 2 N–H and O–H groups in total. The van der Waals surface area contributed by atoms with Crippen LogP contribution in [-0.4, -0.2) is 24.1 Å². The molecule has 1 aromatic heterocycles. The summed E-state index contributed by atoms with van der Waals surface area (Å²) in [7, 11) is 0. The molecule has 0 unspecified atom stereocenters. The molecule has 2 heterocycles. The molecule has 0 aliphatic carbocycles.